The lowest BCUT2D eigenvalue weighted by atomic mass is 10.1. The van der Waals surface area contributed by atoms with Crippen LogP contribution in [0.1, 0.15) is 62.1 Å². The Kier molecular flexibility index (Phi) is 7.17. The normalized spacial score (nSPS) is 15.3. The molecule has 3 heterocycles. The number of anilines is 1. The maximum Gasteiger partial charge on any atom is 0.276 e. The van der Waals surface area contributed by atoms with E-state index in [-0.39, 0.29) is 17.4 Å². The second-order valence-corrected chi connectivity index (χ2v) is 7.22. The molecule has 0 saturated carbocycles. The Labute approximate surface area is 175 Å². The van der Waals surface area contributed by atoms with Gasteiger partial charge in [0.15, 0.2) is 5.78 Å². The Balaban J connectivity index is 2.07. The first-order valence-corrected chi connectivity index (χ1v) is 10.3. The molecule has 30 heavy (non-hydrogen) atoms. The number of pyridine rings is 1. The van der Waals surface area contributed by atoms with Crippen LogP contribution in [-0.4, -0.2) is 47.6 Å². The summed E-state index contributed by atoms with van der Waals surface area (Å²) in [6.07, 6.45) is 4.11. The van der Waals surface area contributed by atoms with E-state index in [2.05, 4.69) is 22.3 Å². The number of aromatic nitrogens is 3. The van der Waals surface area contributed by atoms with E-state index in [1.165, 1.54) is 13.1 Å². The standard InChI is InChI=1S/C21H29N5O4/c1-5-7-9-30-21-15(11-14(12-22-21)13(3)27)19-23-17-16(6-2)25-26(8-10-29-4)18(17)20(28)24-19/h11-12,16,25H,5-10H2,1-4H3,(H,23,24,28). The maximum absolute atomic E-state index is 13.0. The van der Waals surface area contributed by atoms with Crippen LogP contribution in [0.2, 0.25) is 0 Å². The van der Waals surface area contributed by atoms with Crippen LogP contribution in [0.25, 0.3) is 11.4 Å². The zero-order valence-electron chi connectivity index (χ0n) is 17.9. The summed E-state index contributed by atoms with van der Waals surface area (Å²) in [7, 11) is 1.62. The van der Waals surface area contributed by atoms with Gasteiger partial charge in [-0.05, 0) is 25.8 Å². The highest BCUT2D eigenvalue weighted by molar-refractivity contribution is 5.95. The van der Waals surface area contributed by atoms with Crippen LogP contribution in [0, 0.1) is 0 Å². The van der Waals surface area contributed by atoms with Crippen molar-refractivity contribution in [2.24, 2.45) is 0 Å². The molecule has 2 aromatic heterocycles. The SMILES string of the molecule is CCCCOc1ncc(C(C)=O)cc1-c1nc2c(c(=O)[nH]1)N(CCOC)NC2CC. The first-order valence-electron chi connectivity index (χ1n) is 10.3. The van der Waals surface area contributed by atoms with Gasteiger partial charge in [-0.1, -0.05) is 20.3 Å². The fourth-order valence-corrected chi connectivity index (χ4v) is 3.32. The molecule has 1 unspecified atom stereocenters. The quantitative estimate of drug-likeness (QED) is 0.450. The van der Waals surface area contributed by atoms with Gasteiger partial charge in [-0.15, -0.1) is 0 Å². The highest BCUT2D eigenvalue weighted by atomic mass is 16.5. The Bertz CT molecular complexity index is 959. The molecule has 0 amide bonds. The number of hydrogen-bond donors (Lipinski definition) is 2. The van der Waals surface area contributed by atoms with Crippen molar-refractivity contribution in [3.63, 3.8) is 0 Å². The van der Waals surface area contributed by atoms with Crippen LogP contribution >= 0.6 is 0 Å². The summed E-state index contributed by atoms with van der Waals surface area (Å²) in [5, 5.41) is 1.78. The van der Waals surface area contributed by atoms with Gasteiger partial charge in [0.25, 0.3) is 5.56 Å². The molecule has 1 aliphatic heterocycles. The van der Waals surface area contributed by atoms with Gasteiger partial charge in [0.1, 0.15) is 11.5 Å². The van der Waals surface area contributed by atoms with E-state index in [9.17, 15) is 9.59 Å². The van der Waals surface area contributed by atoms with Gasteiger partial charge in [-0.3, -0.25) is 14.6 Å². The fourth-order valence-electron chi connectivity index (χ4n) is 3.32. The summed E-state index contributed by atoms with van der Waals surface area (Å²) >= 11 is 0. The number of ether oxygens (including phenoxy) is 2. The molecular formula is C21H29N5O4. The number of nitrogens with zero attached hydrogens (tertiary/aromatic N) is 3. The van der Waals surface area contributed by atoms with Crippen molar-refractivity contribution in [3.05, 3.63) is 33.9 Å². The number of nitrogens with one attached hydrogen (secondary N) is 2. The second kappa shape index (κ2) is 9.82. The molecule has 9 heteroatoms. The third kappa shape index (κ3) is 4.52. The smallest absolute Gasteiger partial charge is 0.276 e. The summed E-state index contributed by atoms with van der Waals surface area (Å²) in [6, 6.07) is 1.58. The van der Waals surface area contributed by atoms with Crippen molar-refractivity contribution in [1.82, 2.24) is 20.4 Å². The molecule has 0 aromatic carbocycles. The number of carbonyl (C=O) groups is 1. The molecule has 0 spiro atoms. The maximum atomic E-state index is 13.0. The number of unbranched alkanes of at least 4 members (excludes halogenated alkanes) is 1. The minimum Gasteiger partial charge on any atom is -0.477 e. The van der Waals surface area contributed by atoms with Crippen molar-refractivity contribution in [1.29, 1.82) is 0 Å². The molecule has 9 nitrogen and oxygen atoms in total. The van der Waals surface area contributed by atoms with E-state index in [4.69, 9.17) is 14.5 Å². The molecule has 0 saturated heterocycles. The molecule has 0 bridgehead atoms. The Morgan fingerprint density at radius 3 is 2.77 bits per heavy atom. The molecule has 2 N–H and O–H groups in total. The number of rotatable bonds is 10. The number of fused-ring (bicyclic) bond motifs is 1. The lowest BCUT2D eigenvalue weighted by molar-refractivity contribution is 0.101. The van der Waals surface area contributed by atoms with Gasteiger partial charge in [-0.2, -0.15) is 0 Å². The van der Waals surface area contributed by atoms with E-state index in [1.807, 2.05) is 6.92 Å². The van der Waals surface area contributed by atoms with Crippen LogP contribution in [0.5, 0.6) is 5.88 Å². The lowest BCUT2D eigenvalue weighted by Gasteiger charge is -2.18. The molecule has 2 aromatic rings. The van der Waals surface area contributed by atoms with Gasteiger partial charge < -0.3 is 14.5 Å². The molecule has 0 fully saturated rings. The third-order valence-electron chi connectivity index (χ3n) is 5.01. The fraction of sp³-hybridized carbons (Fsp3) is 0.524. The molecule has 162 valence electrons. The van der Waals surface area contributed by atoms with Gasteiger partial charge in [0, 0.05) is 18.9 Å². The van der Waals surface area contributed by atoms with Gasteiger partial charge in [-0.25, -0.2) is 15.4 Å². The van der Waals surface area contributed by atoms with E-state index in [0.717, 1.165) is 19.3 Å². The van der Waals surface area contributed by atoms with Crippen LogP contribution < -0.4 is 20.7 Å². The van der Waals surface area contributed by atoms with E-state index < -0.39 is 0 Å². The van der Waals surface area contributed by atoms with E-state index >= 15 is 0 Å². The van der Waals surface area contributed by atoms with Crippen LogP contribution in [0.15, 0.2) is 17.1 Å². The molecule has 1 atom stereocenters. The van der Waals surface area contributed by atoms with E-state index in [1.54, 1.807) is 18.2 Å². The highest BCUT2D eigenvalue weighted by Crippen LogP contribution is 2.33. The topological polar surface area (TPSA) is 109 Å². The summed E-state index contributed by atoms with van der Waals surface area (Å²) in [5.41, 5.74) is 5.15. The largest absolute Gasteiger partial charge is 0.477 e. The second-order valence-electron chi connectivity index (χ2n) is 7.22. The summed E-state index contributed by atoms with van der Waals surface area (Å²) in [4.78, 5) is 36.8. The minimum absolute atomic E-state index is 0.0914. The van der Waals surface area contributed by atoms with Gasteiger partial charge in [0.05, 0.1) is 37.1 Å². The number of methoxy groups -OCH3 is 1. The number of H-pyrrole nitrogens is 1. The summed E-state index contributed by atoms with van der Waals surface area (Å²) in [5.74, 6) is 0.577. The number of hydrazine groups is 1. The number of hydrogen-bond acceptors (Lipinski definition) is 8. The number of carbonyl (C=O) groups excluding carboxylic acids is 1. The van der Waals surface area contributed by atoms with Crippen molar-refractivity contribution >= 4 is 11.5 Å². The average molecular weight is 415 g/mol. The first-order chi connectivity index (χ1) is 14.5. The van der Waals surface area contributed by atoms with Gasteiger partial charge in [0.2, 0.25) is 5.88 Å². The number of aromatic amines is 1. The Morgan fingerprint density at radius 1 is 1.30 bits per heavy atom. The average Bonchev–Trinajstić information content (AvgIpc) is 3.10. The van der Waals surface area contributed by atoms with Gasteiger partial charge >= 0.3 is 0 Å². The monoisotopic (exact) mass is 415 g/mol. The third-order valence-corrected chi connectivity index (χ3v) is 5.01. The lowest BCUT2D eigenvalue weighted by Crippen LogP contribution is -2.38. The number of ketones is 1. The van der Waals surface area contributed by atoms with Crippen LogP contribution in [-0.2, 0) is 4.74 Å². The summed E-state index contributed by atoms with van der Waals surface area (Å²) in [6.45, 7) is 7.07. The van der Waals surface area contributed by atoms with Crippen LogP contribution in [0.3, 0.4) is 0 Å². The van der Waals surface area contributed by atoms with Crippen LogP contribution in [0.4, 0.5) is 5.69 Å². The Morgan fingerprint density at radius 2 is 2.10 bits per heavy atom. The highest BCUT2D eigenvalue weighted by Gasteiger charge is 2.32. The predicted octanol–water partition coefficient (Wildman–Crippen LogP) is 2.64. The molecule has 0 radical (unpaired) electrons. The van der Waals surface area contributed by atoms with Crippen molar-refractivity contribution in [2.45, 2.75) is 46.1 Å². The zero-order chi connectivity index (χ0) is 21.7. The molecule has 1 aliphatic rings. The molecular weight excluding hydrogens is 386 g/mol. The molecule has 0 aliphatic carbocycles. The van der Waals surface area contributed by atoms with Crippen molar-refractivity contribution < 1.29 is 14.3 Å². The van der Waals surface area contributed by atoms with Crippen molar-refractivity contribution in [2.75, 3.05) is 31.9 Å². The Hall–Kier alpha value is -2.78. The minimum atomic E-state index is -0.262. The summed E-state index contributed by atoms with van der Waals surface area (Å²) < 4.78 is 11.0. The number of Topliss-reactive ketones (excluding diaryl/α,β-unsaturated/α-hetero) is 1. The molecule has 3 rings (SSSR count). The predicted molar refractivity (Wildman–Crippen MR) is 114 cm³/mol. The van der Waals surface area contributed by atoms with Crippen molar-refractivity contribution in [3.8, 4) is 17.3 Å². The zero-order valence-corrected chi connectivity index (χ0v) is 17.9. The first kappa shape index (κ1) is 21.9. The van der Waals surface area contributed by atoms with E-state index in [0.29, 0.717) is 54.0 Å².